The SMILES string of the molecule is C=CC(=O)N1CC(NC(=O)Cn2cc(I)c3ccc(-c4ccccc4Cl)cc32)C1. The Balaban J connectivity index is 1.52. The summed E-state index contributed by atoms with van der Waals surface area (Å²) in [4.78, 5) is 25.7. The first-order valence-corrected chi connectivity index (χ1v) is 10.7. The standard InChI is InChI=1S/C22H19ClIN3O2/c1-2-22(29)27-10-15(11-27)25-21(28)13-26-12-19(24)17-8-7-14(9-20(17)26)16-5-3-4-6-18(16)23/h2-9,12,15H,1,10-11,13H2,(H,25,28). The first kappa shape index (κ1) is 20.0. The smallest absolute Gasteiger partial charge is 0.246 e. The van der Waals surface area contributed by atoms with E-state index in [1.54, 1.807) is 4.90 Å². The molecule has 3 aromatic rings. The maximum absolute atomic E-state index is 12.5. The lowest BCUT2D eigenvalue weighted by molar-refractivity contribution is -0.133. The molecular weight excluding hydrogens is 501 g/mol. The number of hydrogen-bond donors (Lipinski definition) is 1. The Labute approximate surface area is 187 Å². The molecule has 7 heteroatoms. The number of carbonyl (C=O) groups is 2. The van der Waals surface area contributed by atoms with Gasteiger partial charge in [-0.2, -0.15) is 0 Å². The zero-order valence-electron chi connectivity index (χ0n) is 15.6. The van der Waals surface area contributed by atoms with Crippen LogP contribution in [-0.2, 0) is 16.1 Å². The minimum absolute atomic E-state index is 0.00835. The number of benzene rings is 2. The summed E-state index contributed by atoms with van der Waals surface area (Å²) in [5.74, 6) is -0.175. The summed E-state index contributed by atoms with van der Waals surface area (Å²) in [5, 5.41) is 4.78. The van der Waals surface area contributed by atoms with Crippen molar-refractivity contribution in [3.05, 3.63) is 69.9 Å². The zero-order chi connectivity index (χ0) is 20.5. The van der Waals surface area contributed by atoms with Crippen LogP contribution in [0.2, 0.25) is 5.02 Å². The molecule has 0 saturated carbocycles. The number of aromatic nitrogens is 1. The van der Waals surface area contributed by atoms with Crippen molar-refractivity contribution in [2.45, 2.75) is 12.6 Å². The molecule has 0 atom stereocenters. The average Bonchev–Trinajstić information content (AvgIpc) is 2.99. The normalized spacial score (nSPS) is 13.9. The van der Waals surface area contributed by atoms with Crippen LogP contribution in [-0.4, -0.2) is 40.4 Å². The van der Waals surface area contributed by atoms with Crippen LogP contribution in [0.1, 0.15) is 0 Å². The molecule has 1 aliphatic heterocycles. The van der Waals surface area contributed by atoms with Gasteiger partial charge in [-0.15, -0.1) is 0 Å². The molecule has 2 heterocycles. The summed E-state index contributed by atoms with van der Waals surface area (Å²) in [7, 11) is 0. The van der Waals surface area contributed by atoms with E-state index in [9.17, 15) is 9.59 Å². The first-order valence-electron chi connectivity index (χ1n) is 9.20. The summed E-state index contributed by atoms with van der Waals surface area (Å²) >= 11 is 8.64. The summed E-state index contributed by atoms with van der Waals surface area (Å²) < 4.78 is 3.04. The molecule has 2 aromatic carbocycles. The van der Waals surface area contributed by atoms with E-state index in [1.807, 2.05) is 35.0 Å². The fourth-order valence-electron chi connectivity index (χ4n) is 3.55. The van der Waals surface area contributed by atoms with Gasteiger partial charge < -0.3 is 14.8 Å². The van der Waals surface area contributed by atoms with Crippen molar-refractivity contribution in [2.24, 2.45) is 0 Å². The van der Waals surface area contributed by atoms with Crippen LogP contribution < -0.4 is 5.32 Å². The third-order valence-corrected chi connectivity index (χ3v) is 6.25. The summed E-state index contributed by atoms with van der Waals surface area (Å²) in [6.07, 6.45) is 3.28. The van der Waals surface area contributed by atoms with Gasteiger partial charge in [-0.1, -0.05) is 48.5 Å². The molecule has 1 aromatic heterocycles. The Morgan fingerprint density at radius 3 is 2.72 bits per heavy atom. The van der Waals surface area contributed by atoms with Gasteiger partial charge in [0.05, 0.1) is 11.6 Å². The number of fused-ring (bicyclic) bond motifs is 1. The Bertz CT molecular complexity index is 1120. The number of carbonyl (C=O) groups excluding carboxylic acids is 2. The number of amides is 2. The largest absolute Gasteiger partial charge is 0.348 e. The monoisotopic (exact) mass is 519 g/mol. The highest BCUT2D eigenvalue weighted by Crippen LogP contribution is 2.32. The molecule has 1 fully saturated rings. The maximum Gasteiger partial charge on any atom is 0.246 e. The molecule has 0 aliphatic carbocycles. The molecule has 148 valence electrons. The molecule has 1 N–H and O–H groups in total. The number of halogens is 2. The van der Waals surface area contributed by atoms with Crippen molar-refractivity contribution in [1.29, 1.82) is 0 Å². The van der Waals surface area contributed by atoms with E-state index >= 15 is 0 Å². The zero-order valence-corrected chi connectivity index (χ0v) is 18.5. The quantitative estimate of drug-likeness (QED) is 0.408. The van der Waals surface area contributed by atoms with Gasteiger partial charge in [0.1, 0.15) is 6.54 Å². The van der Waals surface area contributed by atoms with Crippen LogP contribution in [0, 0.1) is 3.57 Å². The second-order valence-electron chi connectivity index (χ2n) is 7.03. The highest BCUT2D eigenvalue weighted by Gasteiger charge is 2.30. The second-order valence-corrected chi connectivity index (χ2v) is 8.60. The summed E-state index contributed by atoms with van der Waals surface area (Å²) in [6.45, 7) is 4.75. The van der Waals surface area contributed by atoms with E-state index in [0.717, 1.165) is 25.6 Å². The molecule has 5 nitrogen and oxygen atoms in total. The molecule has 0 unspecified atom stereocenters. The number of nitrogens with zero attached hydrogens (tertiary/aromatic N) is 2. The molecule has 29 heavy (non-hydrogen) atoms. The van der Waals surface area contributed by atoms with Crippen LogP contribution in [0.25, 0.3) is 22.0 Å². The second kappa shape index (κ2) is 8.20. The van der Waals surface area contributed by atoms with Gasteiger partial charge in [-0.05, 0) is 46.4 Å². The summed E-state index contributed by atoms with van der Waals surface area (Å²) in [6, 6.07) is 13.9. The van der Waals surface area contributed by atoms with Gasteiger partial charge in [0.15, 0.2) is 0 Å². The first-order chi connectivity index (χ1) is 14.0. The number of likely N-dealkylation sites (tertiary alicyclic amines) is 1. The predicted molar refractivity (Wildman–Crippen MR) is 124 cm³/mol. The van der Waals surface area contributed by atoms with E-state index in [4.69, 9.17) is 11.6 Å². The van der Waals surface area contributed by atoms with E-state index in [0.29, 0.717) is 18.1 Å². The average molecular weight is 520 g/mol. The van der Waals surface area contributed by atoms with Crippen molar-refractivity contribution in [3.8, 4) is 11.1 Å². The van der Waals surface area contributed by atoms with Gasteiger partial charge in [-0.25, -0.2) is 0 Å². The summed E-state index contributed by atoms with van der Waals surface area (Å²) in [5.41, 5.74) is 2.96. The van der Waals surface area contributed by atoms with E-state index in [2.05, 4.69) is 52.7 Å². The topological polar surface area (TPSA) is 54.3 Å². The number of hydrogen-bond acceptors (Lipinski definition) is 2. The molecule has 0 radical (unpaired) electrons. The minimum Gasteiger partial charge on any atom is -0.348 e. The third-order valence-electron chi connectivity index (χ3n) is 5.07. The molecule has 1 aliphatic rings. The Morgan fingerprint density at radius 2 is 2.00 bits per heavy atom. The Hall–Kier alpha value is -2.32. The highest BCUT2D eigenvalue weighted by atomic mass is 127. The maximum atomic E-state index is 12.5. The van der Waals surface area contributed by atoms with Crippen molar-refractivity contribution >= 4 is 56.9 Å². The van der Waals surface area contributed by atoms with Crippen LogP contribution in [0.4, 0.5) is 0 Å². The Kier molecular flexibility index (Phi) is 5.65. The van der Waals surface area contributed by atoms with E-state index in [1.165, 1.54) is 6.08 Å². The highest BCUT2D eigenvalue weighted by molar-refractivity contribution is 14.1. The van der Waals surface area contributed by atoms with Crippen molar-refractivity contribution < 1.29 is 9.59 Å². The minimum atomic E-state index is -0.103. The molecule has 2 amide bonds. The molecule has 0 bridgehead atoms. The fourth-order valence-corrected chi connectivity index (χ4v) is 4.58. The van der Waals surface area contributed by atoms with Crippen LogP contribution >= 0.6 is 34.2 Å². The number of nitrogens with one attached hydrogen (secondary N) is 1. The lowest BCUT2D eigenvalue weighted by Gasteiger charge is -2.38. The van der Waals surface area contributed by atoms with Crippen LogP contribution in [0.3, 0.4) is 0 Å². The van der Waals surface area contributed by atoms with Crippen LogP contribution in [0.5, 0.6) is 0 Å². The molecular formula is C22H19ClIN3O2. The van der Waals surface area contributed by atoms with Gasteiger partial charge in [0.2, 0.25) is 11.8 Å². The Morgan fingerprint density at radius 1 is 1.24 bits per heavy atom. The van der Waals surface area contributed by atoms with E-state index < -0.39 is 0 Å². The molecule has 0 spiro atoms. The third kappa shape index (κ3) is 4.04. The molecule has 1 saturated heterocycles. The van der Waals surface area contributed by atoms with Gasteiger partial charge in [-0.3, -0.25) is 9.59 Å². The van der Waals surface area contributed by atoms with Crippen molar-refractivity contribution in [2.75, 3.05) is 13.1 Å². The van der Waals surface area contributed by atoms with Crippen molar-refractivity contribution in [1.82, 2.24) is 14.8 Å². The lowest BCUT2D eigenvalue weighted by atomic mass is 10.0. The van der Waals surface area contributed by atoms with Crippen molar-refractivity contribution in [3.63, 3.8) is 0 Å². The lowest BCUT2D eigenvalue weighted by Crippen LogP contribution is -2.61. The van der Waals surface area contributed by atoms with E-state index in [-0.39, 0.29) is 24.4 Å². The van der Waals surface area contributed by atoms with Gasteiger partial charge in [0.25, 0.3) is 0 Å². The fraction of sp³-hybridized carbons (Fsp3) is 0.182. The predicted octanol–water partition coefficient (Wildman–Crippen LogP) is 4.08. The number of rotatable bonds is 5. The van der Waals surface area contributed by atoms with Crippen LogP contribution in [0.15, 0.2) is 61.3 Å². The van der Waals surface area contributed by atoms with Gasteiger partial charge in [0, 0.05) is 38.8 Å². The molecule has 4 rings (SSSR count). The van der Waals surface area contributed by atoms with Gasteiger partial charge >= 0.3 is 0 Å².